The van der Waals surface area contributed by atoms with Gasteiger partial charge in [-0.05, 0) is 55.2 Å². The maximum atomic E-state index is 12.7. The highest BCUT2D eigenvalue weighted by atomic mass is 16.5. The van der Waals surface area contributed by atoms with E-state index in [-0.39, 0.29) is 11.8 Å². The first kappa shape index (κ1) is 19.9. The molecule has 30 heavy (non-hydrogen) atoms. The number of rotatable bonds is 6. The number of hydrogen-bond donors (Lipinski definition) is 1. The van der Waals surface area contributed by atoms with Crippen molar-refractivity contribution in [2.24, 2.45) is 5.92 Å². The second kappa shape index (κ2) is 8.98. The first-order chi connectivity index (χ1) is 14.7. The highest BCUT2D eigenvalue weighted by Gasteiger charge is 2.28. The number of aryl methyl sites for hydroxylation is 1. The van der Waals surface area contributed by atoms with E-state index >= 15 is 0 Å². The molecule has 0 radical (unpaired) electrons. The number of methoxy groups -OCH3 is 1. The smallest absolute Gasteiger partial charge is 0.318 e. The van der Waals surface area contributed by atoms with E-state index in [4.69, 9.17) is 9.15 Å². The number of anilines is 2. The number of carbonyl (C=O) groups is 1. The van der Waals surface area contributed by atoms with Crippen molar-refractivity contribution in [3.63, 3.8) is 0 Å². The van der Waals surface area contributed by atoms with Gasteiger partial charge in [0.1, 0.15) is 5.75 Å². The minimum atomic E-state index is -0.0184. The van der Waals surface area contributed by atoms with Gasteiger partial charge in [-0.15, -0.1) is 5.10 Å². The zero-order valence-electron chi connectivity index (χ0n) is 17.3. The molecule has 2 aromatic carbocycles. The van der Waals surface area contributed by atoms with Gasteiger partial charge >= 0.3 is 6.01 Å². The summed E-state index contributed by atoms with van der Waals surface area (Å²) in [5.41, 5.74) is 2.91. The number of hydrogen-bond acceptors (Lipinski definition) is 6. The average molecular weight is 406 g/mol. The molecule has 1 N–H and O–H groups in total. The lowest BCUT2D eigenvalue weighted by Gasteiger charge is -2.30. The molecular weight excluding hydrogens is 380 g/mol. The van der Waals surface area contributed by atoms with Crippen LogP contribution in [-0.4, -0.2) is 36.3 Å². The second-order valence-corrected chi connectivity index (χ2v) is 7.38. The largest absolute Gasteiger partial charge is 0.497 e. The van der Waals surface area contributed by atoms with Gasteiger partial charge in [0, 0.05) is 30.3 Å². The molecule has 0 aliphatic carbocycles. The third kappa shape index (κ3) is 4.30. The fourth-order valence-corrected chi connectivity index (χ4v) is 3.71. The maximum Gasteiger partial charge on any atom is 0.318 e. The van der Waals surface area contributed by atoms with Gasteiger partial charge in [0.2, 0.25) is 11.8 Å². The number of nitrogens with zero attached hydrogens (tertiary/aromatic N) is 3. The van der Waals surface area contributed by atoms with E-state index in [0.717, 1.165) is 41.8 Å². The third-order valence-corrected chi connectivity index (χ3v) is 5.54. The molecule has 0 spiro atoms. The zero-order chi connectivity index (χ0) is 20.9. The van der Waals surface area contributed by atoms with E-state index in [2.05, 4.69) is 22.4 Å². The zero-order valence-corrected chi connectivity index (χ0v) is 17.3. The number of carbonyl (C=O) groups excluding carboxylic acids is 1. The topological polar surface area (TPSA) is 80.5 Å². The Morgan fingerprint density at radius 2 is 1.87 bits per heavy atom. The van der Waals surface area contributed by atoms with Crippen LogP contribution in [0, 0.1) is 5.92 Å². The van der Waals surface area contributed by atoms with Crippen molar-refractivity contribution in [2.45, 2.75) is 26.2 Å². The fourth-order valence-electron chi connectivity index (χ4n) is 3.71. The summed E-state index contributed by atoms with van der Waals surface area (Å²) in [5, 5.41) is 11.5. The highest BCUT2D eigenvalue weighted by Crippen LogP contribution is 2.28. The van der Waals surface area contributed by atoms with Crippen molar-refractivity contribution in [1.29, 1.82) is 0 Å². The van der Waals surface area contributed by atoms with Crippen LogP contribution >= 0.6 is 0 Å². The molecule has 4 rings (SSSR count). The van der Waals surface area contributed by atoms with Crippen molar-refractivity contribution < 1.29 is 13.9 Å². The van der Waals surface area contributed by atoms with Crippen molar-refractivity contribution in [1.82, 2.24) is 10.2 Å². The number of benzene rings is 2. The summed E-state index contributed by atoms with van der Waals surface area (Å²) in [7, 11) is 1.63. The predicted octanol–water partition coefficient (Wildman–Crippen LogP) is 4.16. The summed E-state index contributed by atoms with van der Waals surface area (Å²) < 4.78 is 11.0. The van der Waals surface area contributed by atoms with E-state index in [0.29, 0.717) is 25.0 Å². The van der Waals surface area contributed by atoms with Gasteiger partial charge in [0.25, 0.3) is 0 Å². The van der Waals surface area contributed by atoms with Gasteiger partial charge in [-0.1, -0.05) is 30.2 Å². The van der Waals surface area contributed by atoms with Crippen LogP contribution in [0.4, 0.5) is 11.7 Å². The molecule has 0 atom stereocenters. The van der Waals surface area contributed by atoms with Crippen molar-refractivity contribution in [2.75, 3.05) is 30.4 Å². The molecule has 1 saturated heterocycles. The number of para-hydroxylation sites is 1. The normalized spacial score (nSPS) is 14.5. The number of aromatic nitrogens is 2. The van der Waals surface area contributed by atoms with E-state index in [1.807, 2.05) is 53.4 Å². The molecule has 1 aliphatic heterocycles. The van der Waals surface area contributed by atoms with Crippen LogP contribution in [0.1, 0.15) is 25.3 Å². The van der Waals surface area contributed by atoms with Crippen molar-refractivity contribution >= 4 is 17.6 Å². The van der Waals surface area contributed by atoms with Gasteiger partial charge < -0.3 is 19.4 Å². The summed E-state index contributed by atoms with van der Waals surface area (Å²) >= 11 is 0. The van der Waals surface area contributed by atoms with E-state index in [1.165, 1.54) is 0 Å². The summed E-state index contributed by atoms with van der Waals surface area (Å²) in [6.07, 6.45) is 2.39. The molecule has 156 valence electrons. The third-order valence-electron chi connectivity index (χ3n) is 5.54. The minimum Gasteiger partial charge on any atom is -0.497 e. The predicted molar refractivity (Wildman–Crippen MR) is 116 cm³/mol. The van der Waals surface area contributed by atoms with Crippen LogP contribution in [-0.2, 0) is 11.2 Å². The van der Waals surface area contributed by atoms with Crippen LogP contribution < -0.4 is 15.0 Å². The molecule has 1 fully saturated rings. The lowest BCUT2D eigenvalue weighted by molar-refractivity contribution is -0.120. The highest BCUT2D eigenvalue weighted by molar-refractivity contribution is 5.93. The molecule has 3 aromatic rings. The van der Waals surface area contributed by atoms with Crippen LogP contribution in [0.15, 0.2) is 52.9 Å². The Morgan fingerprint density at radius 1 is 1.13 bits per heavy atom. The summed E-state index contributed by atoms with van der Waals surface area (Å²) in [6, 6.07) is 16.0. The first-order valence-corrected chi connectivity index (χ1v) is 10.3. The van der Waals surface area contributed by atoms with Crippen molar-refractivity contribution in [3.05, 3.63) is 54.1 Å². The van der Waals surface area contributed by atoms with Crippen LogP contribution in [0.25, 0.3) is 11.5 Å². The van der Waals surface area contributed by atoms with E-state index in [9.17, 15) is 4.79 Å². The molecule has 0 saturated carbocycles. The second-order valence-electron chi connectivity index (χ2n) is 7.38. The molecule has 2 heterocycles. The van der Waals surface area contributed by atoms with Gasteiger partial charge in [-0.3, -0.25) is 4.79 Å². The SMILES string of the molecule is CCc1ccccc1NC(=O)C1CCN(c2nnc(-c3ccc(OC)cc3)o2)CC1. The summed E-state index contributed by atoms with van der Waals surface area (Å²) in [4.78, 5) is 14.8. The fraction of sp³-hybridized carbons (Fsp3) is 0.348. The molecular formula is C23H26N4O3. The number of nitrogens with one attached hydrogen (secondary N) is 1. The molecule has 1 aliphatic rings. The Labute approximate surface area is 176 Å². The maximum absolute atomic E-state index is 12.7. The van der Waals surface area contributed by atoms with E-state index in [1.54, 1.807) is 7.11 Å². The first-order valence-electron chi connectivity index (χ1n) is 10.3. The van der Waals surface area contributed by atoms with Crippen LogP contribution in [0.3, 0.4) is 0 Å². The monoisotopic (exact) mass is 406 g/mol. The molecule has 1 amide bonds. The Bertz CT molecular complexity index is 992. The molecule has 1 aromatic heterocycles. The van der Waals surface area contributed by atoms with Gasteiger partial charge in [-0.25, -0.2) is 0 Å². The number of piperidine rings is 1. The quantitative estimate of drug-likeness (QED) is 0.662. The Morgan fingerprint density at radius 3 is 2.57 bits per heavy atom. The molecule has 0 unspecified atom stereocenters. The number of amides is 1. The summed E-state index contributed by atoms with van der Waals surface area (Å²) in [5.74, 6) is 1.32. The molecule has 0 bridgehead atoms. The summed E-state index contributed by atoms with van der Waals surface area (Å²) in [6.45, 7) is 3.50. The van der Waals surface area contributed by atoms with Crippen molar-refractivity contribution in [3.8, 4) is 17.2 Å². The van der Waals surface area contributed by atoms with Crippen LogP contribution in [0.5, 0.6) is 5.75 Å². The Kier molecular flexibility index (Phi) is 5.97. The Balaban J connectivity index is 1.35. The number of ether oxygens (including phenoxy) is 1. The van der Waals surface area contributed by atoms with Gasteiger partial charge in [0.15, 0.2) is 0 Å². The molecule has 7 nitrogen and oxygen atoms in total. The standard InChI is InChI=1S/C23H26N4O3/c1-3-16-6-4-5-7-20(16)24-21(28)17-12-14-27(15-13-17)23-26-25-22(30-23)18-8-10-19(29-2)11-9-18/h4-11,17H,3,12-15H2,1-2H3,(H,24,28). The van der Waals surface area contributed by atoms with E-state index < -0.39 is 0 Å². The Hall–Kier alpha value is -3.35. The lowest BCUT2D eigenvalue weighted by atomic mass is 9.96. The minimum absolute atomic E-state index is 0.0184. The lowest BCUT2D eigenvalue weighted by Crippen LogP contribution is -2.38. The molecule has 7 heteroatoms. The van der Waals surface area contributed by atoms with Gasteiger partial charge in [0.05, 0.1) is 7.11 Å². The van der Waals surface area contributed by atoms with Crippen LogP contribution in [0.2, 0.25) is 0 Å². The van der Waals surface area contributed by atoms with Gasteiger partial charge in [-0.2, -0.15) is 0 Å². The average Bonchev–Trinajstić information content (AvgIpc) is 3.30.